The van der Waals surface area contributed by atoms with E-state index in [-0.39, 0.29) is 17.7 Å². The lowest BCUT2D eigenvalue weighted by Crippen LogP contribution is -3.12. The Morgan fingerprint density at radius 3 is 2.48 bits per heavy atom. The third kappa shape index (κ3) is 4.70. The molecule has 0 spiro atoms. The first-order valence-corrected chi connectivity index (χ1v) is 8.05. The van der Waals surface area contributed by atoms with Gasteiger partial charge in [-0.05, 0) is 37.3 Å². The average molecular weight is 347 g/mol. The van der Waals surface area contributed by atoms with Gasteiger partial charge < -0.3 is 19.7 Å². The van der Waals surface area contributed by atoms with Gasteiger partial charge in [-0.3, -0.25) is 4.79 Å². The van der Waals surface area contributed by atoms with E-state index in [4.69, 9.17) is 9.47 Å². The number of likely N-dealkylation sites (N-methyl/N-ethyl adjacent to an activating group) is 1. The highest BCUT2D eigenvalue weighted by Gasteiger charge is 2.23. The fraction of sp³-hybridized carbons (Fsp3) is 0.316. The maximum atomic E-state index is 13.8. The van der Waals surface area contributed by atoms with Gasteiger partial charge >= 0.3 is 0 Å². The quantitative estimate of drug-likeness (QED) is 0.804. The summed E-state index contributed by atoms with van der Waals surface area (Å²) in [5.41, 5.74) is 1.43. The third-order valence-corrected chi connectivity index (χ3v) is 4.20. The Morgan fingerprint density at radius 1 is 1.16 bits per heavy atom. The van der Waals surface area contributed by atoms with E-state index in [2.05, 4.69) is 5.32 Å². The molecule has 0 fully saturated rings. The van der Waals surface area contributed by atoms with Crippen molar-refractivity contribution in [1.29, 1.82) is 0 Å². The molecule has 0 heterocycles. The van der Waals surface area contributed by atoms with E-state index >= 15 is 0 Å². The van der Waals surface area contributed by atoms with Crippen LogP contribution in [0.5, 0.6) is 11.5 Å². The van der Waals surface area contributed by atoms with Crippen LogP contribution in [0.3, 0.4) is 0 Å². The Labute approximate surface area is 147 Å². The van der Waals surface area contributed by atoms with Crippen LogP contribution in [-0.4, -0.2) is 33.2 Å². The molecular weight excluding hydrogens is 323 g/mol. The van der Waals surface area contributed by atoms with Crippen molar-refractivity contribution < 1.29 is 23.6 Å². The lowest BCUT2D eigenvalue weighted by atomic mass is 10.1. The number of nitrogens with one attached hydrogen (secondary N) is 2. The van der Waals surface area contributed by atoms with Gasteiger partial charge in [-0.1, -0.05) is 12.1 Å². The van der Waals surface area contributed by atoms with E-state index in [1.165, 1.54) is 13.2 Å². The van der Waals surface area contributed by atoms with Crippen LogP contribution in [0.1, 0.15) is 12.5 Å². The first-order valence-electron chi connectivity index (χ1n) is 8.05. The third-order valence-electron chi connectivity index (χ3n) is 4.20. The van der Waals surface area contributed by atoms with Crippen LogP contribution in [0.2, 0.25) is 0 Å². The summed E-state index contributed by atoms with van der Waals surface area (Å²) in [5, 5.41) is 2.88. The molecule has 0 aromatic heterocycles. The van der Waals surface area contributed by atoms with Crippen LogP contribution in [0.25, 0.3) is 0 Å². The van der Waals surface area contributed by atoms with Gasteiger partial charge in [0, 0.05) is 5.56 Å². The highest BCUT2D eigenvalue weighted by molar-refractivity contribution is 5.94. The zero-order valence-corrected chi connectivity index (χ0v) is 14.9. The standard InChI is InChI=1S/C19H23FN2O3/c1-13(19(23)21-16-7-5-6-8-18(16)25-4)22(2)12-14-9-10-17(24-3)15(20)11-14/h5-11,13H,12H2,1-4H3,(H,21,23)/p+1/t13-/m0/s1. The normalized spacial score (nSPS) is 13.0. The Kier molecular flexibility index (Phi) is 6.36. The number of anilines is 1. The van der Waals surface area contributed by atoms with Gasteiger partial charge in [0.15, 0.2) is 17.6 Å². The van der Waals surface area contributed by atoms with Gasteiger partial charge in [0.2, 0.25) is 0 Å². The molecule has 0 saturated carbocycles. The molecule has 2 aromatic rings. The molecule has 134 valence electrons. The molecular formula is C19H24FN2O3+. The number of ether oxygens (including phenoxy) is 2. The number of halogens is 1. The lowest BCUT2D eigenvalue weighted by Gasteiger charge is -2.21. The molecule has 2 atom stereocenters. The molecule has 0 bridgehead atoms. The van der Waals surface area contributed by atoms with Crippen molar-refractivity contribution in [3.8, 4) is 11.5 Å². The molecule has 2 rings (SSSR count). The number of hydrogen-bond acceptors (Lipinski definition) is 3. The predicted octanol–water partition coefficient (Wildman–Crippen LogP) is 1.88. The largest absolute Gasteiger partial charge is 0.495 e. The van der Waals surface area contributed by atoms with Crippen LogP contribution < -0.4 is 19.7 Å². The molecule has 0 saturated heterocycles. The number of quaternary nitrogens is 1. The van der Waals surface area contributed by atoms with Gasteiger partial charge in [0.25, 0.3) is 5.91 Å². The predicted molar refractivity (Wildman–Crippen MR) is 94.6 cm³/mol. The SMILES string of the molecule is COc1ccc(C[NH+](C)[C@@H](C)C(=O)Nc2ccccc2OC)cc1F. The molecule has 6 heteroatoms. The molecule has 1 amide bonds. The Hall–Kier alpha value is -2.60. The molecule has 0 radical (unpaired) electrons. The molecule has 25 heavy (non-hydrogen) atoms. The lowest BCUT2D eigenvalue weighted by molar-refractivity contribution is -0.907. The smallest absolute Gasteiger partial charge is 0.282 e. The number of para-hydroxylation sites is 2. The zero-order valence-electron chi connectivity index (χ0n) is 14.9. The molecule has 0 aliphatic carbocycles. The maximum absolute atomic E-state index is 13.8. The first kappa shape index (κ1) is 18.7. The molecule has 0 aliphatic heterocycles. The zero-order chi connectivity index (χ0) is 18.4. The van der Waals surface area contributed by atoms with Crippen molar-refractivity contribution in [3.05, 3.63) is 53.8 Å². The van der Waals surface area contributed by atoms with Crippen molar-refractivity contribution in [1.82, 2.24) is 0 Å². The summed E-state index contributed by atoms with van der Waals surface area (Å²) >= 11 is 0. The van der Waals surface area contributed by atoms with Crippen LogP contribution >= 0.6 is 0 Å². The summed E-state index contributed by atoms with van der Waals surface area (Å²) in [4.78, 5) is 13.4. The van der Waals surface area contributed by atoms with Crippen LogP contribution in [0, 0.1) is 5.82 Å². The van der Waals surface area contributed by atoms with Crippen molar-refractivity contribution >= 4 is 11.6 Å². The van der Waals surface area contributed by atoms with E-state index in [0.717, 1.165) is 10.5 Å². The number of amides is 1. The summed E-state index contributed by atoms with van der Waals surface area (Å²) in [6.07, 6.45) is 0. The highest BCUT2D eigenvalue weighted by Crippen LogP contribution is 2.23. The van der Waals surface area contributed by atoms with Gasteiger partial charge in [0.1, 0.15) is 12.3 Å². The second kappa shape index (κ2) is 8.48. The number of benzene rings is 2. The Balaban J connectivity index is 2.02. The van der Waals surface area contributed by atoms with Gasteiger partial charge in [-0.15, -0.1) is 0 Å². The summed E-state index contributed by atoms with van der Waals surface area (Å²) in [6, 6.07) is 11.8. The highest BCUT2D eigenvalue weighted by atomic mass is 19.1. The van der Waals surface area contributed by atoms with Crippen LogP contribution in [0.4, 0.5) is 10.1 Å². The fourth-order valence-electron chi connectivity index (χ4n) is 2.51. The summed E-state index contributed by atoms with van der Waals surface area (Å²) in [7, 11) is 4.89. The number of hydrogen-bond donors (Lipinski definition) is 2. The maximum Gasteiger partial charge on any atom is 0.282 e. The number of methoxy groups -OCH3 is 2. The molecule has 0 aliphatic rings. The molecule has 2 aromatic carbocycles. The van der Waals surface area contributed by atoms with Crippen molar-refractivity contribution in [2.24, 2.45) is 0 Å². The summed E-state index contributed by atoms with van der Waals surface area (Å²) < 4.78 is 24.0. The Bertz CT molecular complexity index is 736. The fourth-order valence-corrected chi connectivity index (χ4v) is 2.51. The van der Waals surface area contributed by atoms with E-state index in [1.54, 1.807) is 31.4 Å². The van der Waals surface area contributed by atoms with Crippen LogP contribution in [0.15, 0.2) is 42.5 Å². The molecule has 5 nitrogen and oxygen atoms in total. The monoisotopic (exact) mass is 347 g/mol. The minimum atomic E-state index is -0.404. The number of rotatable bonds is 7. The van der Waals surface area contributed by atoms with E-state index in [1.807, 2.05) is 26.1 Å². The second-order valence-electron chi connectivity index (χ2n) is 5.90. The minimum Gasteiger partial charge on any atom is -0.495 e. The number of carbonyl (C=O) groups is 1. The Morgan fingerprint density at radius 2 is 1.84 bits per heavy atom. The molecule has 2 N–H and O–H groups in total. The second-order valence-corrected chi connectivity index (χ2v) is 5.90. The first-order chi connectivity index (χ1) is 12.0. The van der Waals surface area contributed by atoms with Gasteiger partial charge in [0.05, 0.1) is 27.0 Å². The van der Waals surface area contributed by atoms with Gasteiger partial charge in [-0.2, -0.15) is 0 Å². The van der Waals surface area contributed by atoms with Crippen molar-refractivity contribution in [2.75, 3.05) is 26.6 Å². The van der Waals surface area contributed by atoms with Crippen LogP contribution in [-0.2, 0) is 11.3 Å². The molecule has 1 unspecified atom stereocenters. The van der Waals surface area contributed by atoms with E-state index < -0.39 is 5.82 Å². The summed E-state index contributed by atoms with van der Waals surface area (Å²) in [6.45, 7) is 2.35. The van der Waals surface area contributed by atoms with E-state index in [9.17, 15) is 9.18 Å². The average Bonchev–Trinajstić information content (AvgIpc) is 2.61. The minimum absolute atomic E-state index is 0.129. The topological polar surface area (TPSA) is 52.0 Å². The summed E-state index contributed by atoms with van der Waals surface area (Å²) in [5.74, 6) is 0.288. The van der Waals surface area contributed by atoms with Crippen molar-refractivity contribution in [3.63, 3.8) is 0 Å². The number of carbonyl (C=O) groups excluding carboxylic acids is 1. The van der Waals surface area contributed by atoms with E-state index in [0.29, 0.717) is 18.0 Å². The van der Waals surface area contributed by atoms with Crippen molar-refractivity contribution in [2.45, 2.75) is 19.5 Å². The van der Waals surface area contributed by atoms with Gasteiger partial charge in [-0.25, -0.2) is 4.39 Å².